The highest BCUT2D eigenvalue weighted by Gasteiger charge is 1.96. The van der Waals surface area contributed by atoms with Crippen LogP contribution in [-0.4, -0.2) is 24.7 Å². The van der Waals surface area contributed by atoms with Crippen LogP contribution in [0.5, 0.6) is 5.75 Å². The molecule has 0 fully saturated rings. The number of hydrogen-bond acceptors (Lipinski definition) is 3. The van der Waals surface area contributed by atoms with E-state index in [1.165, 1.54) is 7.05 Å². The molecular formula is C9H13NO3. The van der Waals surface area contributed by atoms with Crippen molar-refractivity contribution in [3.8, 4) is 5.75 Å². The number of nitrogens with two attached hydrogens (primary N) is 1. The van der Waals surface area contributed by atoms with Crippen molar-refractivity contribution in [1.82, 2.24) is 0 Å². The zero-order valence-electron chi connectivity index (χ0n) is 7.43. The Bertz CT molecular complexity index is 236. The molecule has 0 saturated carbocycles. The first-order valence-corrected chi connectivity index (χ1v) is 3.76. The Morgan fingerprint density at radius 2 is 1.92 bits per heavy atom. The monoisotopic (exact) mass is 183 g/mol. The molecule has 0 heterocycles. The molecule has 0 radical (unpaired) electrons. The van der Waals surface area contributed by atoms with Gasteiger partial charge in [0.25, 0.3) is 0 Å². The molecule has 0 aliphatic rings. The van der Waals surface area contributed by atoms with Gasteiger partial charge in [-0.05, 0) is 19.2 Å². The molecule has 3 N–H and O–H groups in total. The largest absolute Gasteiger partial charge is 0.482 e. The van der Waals surface area contributed by atoms with Crippen LogP contribution in [0.1, 0.15) is 0 Å². The Morgan fingerprint density at radius 1 is 1.38 bits per heavy atom. The fourth-order valence-electron chi connectivity index (χ4n) is 0.662. The van der Waals surface area contributed by atoms with E-state index < -0.39 is 5.97 Å². The minimum absolute atomic E-state index is 0.288. The van der Waals surface area contributed by atoms with Gasteiger partial charge >= 0.3 is 5.97 Å². The average molecular weight is 183 g/mol. The van der Waals surface area contributed by atoms with E-state index in [0.29, 0.717) is 5.75 Å². The molecule has 0 atom stereocenters. The average Bonchev–Trinajstić information content (AvgIpc) is 2.19. The molecule has 1 rings (SSSR count). The van der Waals surface area contributed by atoms with Crippen LogP contribution in [0, 0.1) is 0 Å². The standard InChI is InChI=1S/C8H8O3.CH5N/c9-8(10)6-11-7-4-2-1-3-5-7;1-2/h1-5H,6H2,(H,9,10);2H2,1H3. The molecule has 0 bridgehead atoms. The van der Waals surface area contributed by atoms with Crippen molar-refractivity contribution < 1.29 is 14.6 Å². The summed E-state index contributed by atoms with van der Waals surface area (Å²) >= 11 is 0. The molecule has 0 aliphatic carbocycles. The predicted molar refractivity (Wildman–Crippen MR) is 49.7 cm³/mol. The van der Waals surface area contributed by atoms with Gasteiger partial charge in [0.05, 0.1) is 0 Å². The fraction of sp³-hybridized carbons (Fsp3) is 0.222. The third-order valence-corrected chi connectivity index (χ3v) is 1.11. The molecule has 0 saturated heterocycles. The highest BCUT2D eigenvalue weighted by Crippen LogP contribution is 2.07. The van der Waals surface area contributed by atoms with Crippen LogP contribution in [0.2, 0.25) is 0 Å². The SMILES string of the molecule is CN.O=C(O)COc1ccccc1. The van der Waals surface area contributed by atoms with E-state index in [0.717, 1.165) is 0 Å². The van der Waals surface area contributed by atoms with Crippen LogP contribution in [0.25, 0.3) is 0 Å². The van der Waals surface area contributed by atoms with E-state index in [-0.39, 0.29) is 6.61 Å². The second-order valence-electron chi connectivity index (χ2n) is 2.00. The van der Waals surface area contributed by atoms with Crippen molar-refractivity contribution in [3.63, 3.8) is 0 Å². The molecule has 72 valence electrons. The Kier molecular flexibility index (Phi) is 6.27. The normalized spacial score (nSPS) is 8.15. The minimum Gasteiger partial charge on any atom is -0.482 e. The fourth-order valence-corrected chi connectivity index (χ4v) is 0.662. The van der Waals surface area contributed by atoms with Crippen molar-refractivity contribution in [2.75, 3.05) is 13.7 Å². The highest BCUT2D eigenvalue weighted by atomic mass is 16.5. The van der Waals surface area contributed by atoms with Gasteiger partial charge in [-0.3, -0.25) is 0 Å². The number of benzene rings is 1. The topological polar surface area (TPSA) is 72.6 Å². The maximum absolute atomic E-state index is 10.0. The van der Waals surface area contributed by atoms with E-state index >= 15 is 0 Å². The van der Waals surface area contributed by atoms with E-state index in [4.69, 9.17) is 9.84 Å². The highest BCUT2D eigenvalue weighted by molar-refractivity contribution is 5.68. The van der Waals surface area contributed by atoms with Crippen molar-refractivity contribution in [2.24, 2.45) is 5.73 Å². The quantitative estimate of drug-likeness (QED) is 0.724. The van der Waals surface area contributed by atoms with Crippen LogP contribution in [0.4, 0.5) is 0 Å². The number of rotatable bonds is 3. The molecule has 0 amide bonds. The molecule has 4 nitrogen and oxygen atoms in total. The molecular weight excluding hydrogens is 170 g/mol. The Balaban J connectivity index is 0.000000671. The summed E-state index contributed by atoms with van der Waals surface area (Å²) in [7, 11) is 1.50. The Hall–Kier alpha value is -1.55. The number of carboxylic acid groups (broad SMARTS) is 1. The Labute approximate surface area is 76.9 Å². The maximum Gasteiger partial charge on any atom is 0.341 e. The summed E-state index contributed by atoms with van der Waals surface area (Å²) in [6.07, 6.45) is 0. The maximum atomic E-state index is 10.0. The first kappa shape index (κ1) is 11.4. The number of carbonyl (C=O) groups is 1. The number of ether oxygens (including phenoxy) is 1. The van der Waals surface area contributed by atoms with Crippen LogP contribution >= 0.6 is 0 Å². The zero-order chi connectivity index (χ0) is 10.1. The van der Waals surface area contributed by atoms with Crippen molar-refractivity contribution in [1.29, 1.82) is 0 Å². The van der Waals surface area contributed by atoms with Gasteiger partial charge in [-0.2, -0.15) is 0 Å². The summed E-state index contributed by atoms with van der Waals surface area (Å²) in [5, 5.41) is 8.25. The molecule has 0 unspecified atom stereocenters. The lowest BCUT2D eigenvalue weighted by atomic mass is 10.3. The second kappa shape index (κ2) is 7.12. The molecule has 13 heavy (non-hydrogen) atoms. The first-order valence-electron chi connectivity index (χ1n) is 3.76. The summed E-state index contributed by atoms with van der Waals surface area (Å²) < 4.78 is 4.87. The zero-order valence-corrected chi connectivity index (χ0v) is 7.43. The van der Waals surface area contributed by atoms with E-state index in [2.05, 4.69) is 5.73 Å². The lowest BCUT2D eigenvalue weighted by Crippen LogP contribution is -2.09. The van der Waals surface area contributed by atoms with Crippen LogP contribution in [0.15, 0.2) is 30.3 Å². The van der Waals surface area contributed by atoms with E-state index in [9.17, 15) is 4.79 Å². The van der Waals surface area contributed by atoms with Gasteiger partial charge in [-0.25, -0.2) is 4.79 Å². The molecule has 0 aliphatic heterocycles. The van der Waals surface area contributed by atoms with Crippen molar-refractivity contribution in [3.05, 3.63) is 30.3 Å². The van der Waals surface area contributed by atoms with Gasteiger partial charge in [0.2, 0.25) is 0 Å². The summed E-state index contributed by atoms with van der Waals surface area (Å²) in [6.45, 7) is -0.288. The summed E-state index contributed by atoms with van der Waals surface area (Å²) in [6, 6.07) is 8.84. The summed E-state index contributed by atoms with van der Waals surface area (Å²) in [5.41, 5.74) is 4.50. The van der Waals surface area contributed by atoms with Crippen LogP contribution < -0.4 is 10.5 Å². The smallest absolute Gasteiger partial charge is 0.341 e. The van der Waals surface area contributed by atoms with Gasteiger partial charge in [-0.15, -0.1) is 0 Å². The Morgan fingerprint density at radius 3 is 2.38 bits per heavy atom. The molecule has 0 spiro atoms. The third kappa shape index (κ3) is 5.69. The number of para-hydroxylation sites is 1. The number of hydrogen-bond donors (Lipinski definition) is 2. The summed E-state index contributed by atoms with van der Waals surface area (Å²) in [5.74, 6) is -0.385. The molecule has 4 heteroatoms. The predicted octanol–water partition coefficient (Wildman–Crippen LogP) is 0.725. The van der Waals surface area contributed by atoms with Gasteiger partial charge in [-0.1, -0.05) is 18.2 Å². The van der Waals surface area contributed by atoms with Gasteiger partial charge in [0, 0.05) is 0 Å². The van der Waals surface area contributed by atoms with Crippen molar-refractivity contribution >= 4 is 5.97 Å². The van der Waals surface area contributed by atoms with E-state index in [1.54, 1.807) is 24.3 Å². The van der Waals surface area contributed by atoms with Crippen LogP contribution in [-0.2, 0) is 4.79 Å². The van der Waals surface area contributed by atoms with E-state index in [1.807, 2.05) is 6.07 Å². The summed E-state index contributed by atoms with van der Waals surface area (Å²) in [4.78, 5) is 10.0. The molecule has 1 aromatic rings. The van der Waals surface area contributed by atoms with Gasteiger partial charge in [0.15, 0.2) is 6.61 Å². The van der Waals surface area contributed by atoms with Gasteiger partial charge < -0.3 is 15.6 Å². The molecule has 1 aromatic carbocycles. The third-order valence-electron chi connectivity index (χ3n) is 1.11. The first-order chi connectivity index (χ1) is 6.29. The second-order valence-corrected chi connectivity index (χ2v) is 2.00. The van der Waals surface area contributed by atoms with Gasteiger partial charge in [0.1, 0.15) is 5.75 Å². The lowest BCUT2D eigenvalue weighted by Gasteiger charge is -2.00. The minimum atomic E-state index is -0.964. The molecule has 0 aromatic heterocycles. The number of carboxylic acids is 1. The van der Waals surface area contributed by atoms with Crippen LogP contribution in [0.3, 0.4) is 0 Å². The lowest BCUT2D eigenvalue weighted by molar-refractivity contribution is -0.139. The van der Waals surface area contributed by atoms with Crippen molar-refractivity contribution in [2.45, 2.75) is 0 Å². The number of aliphatic carboxylic acids is 1.